The van der Waals surface area contributed by atoms with Crippen LogP contribution in [-0.4, -0.2) is 26.8 Å². The van der Waals surface area contributed by atoms with Crippen LogP contribution in [0.2, 0.25) is 0 Å². The maximum Gasteiger partial charge on any atom is 0.242 e. The number of nitrogens with one attached hydrogen (secondary N) is 1. The fraction of sp³-hybridized carbons (Fsp3) is 0.143. The first-order valence-corrected chi connectivity index (χ1v) is 7.49. The number of nitrogens with zero attached hydrogens (tertiary/aromatic N) is 1. The number of para-hydroxylation sites is 1. The number of benzene rings is 2. The second-order valence-electron chi connectivity index (χ2n) is 4.53. The minimum atomic E-state index is -3.46. The van der Waals surface area contributed by atoms with E-state index in [1.807, 2.05) is 30.3 Å². The minimum absolute atomic E-state index is 0.179. The zero-order chi connectivity index (χ0) is 14.8. The van der Waals surface area contributed by atoms with Crippen molar-refractivity contribution in [3.63, 3.8) is 0 Å². The fourth-order valence-electron chi connectivity index (χ4n) is 1.70. The van der Waals surface area contributed by atoms with E-state index in [0.717, 1.165) is 9.99 Å². The first kappa shape index (κ1) is 14.4. The molecule has 0 aliphatic heterocycles. The SMILES string of the molecule is CN(C)S(=O)(=O)c1ccc(Nc2ccccc2)c(N)c1. The van der Waals surface area contributed by atoms with Crippen molar-refractivity contribution in [2.45, 2.75) is 4.90 Å². The standard InChI is InChI=1S/C14H17N3O2S/c1-17(2)20(18,19)12-8-9-14(13(15)10-12)16-11-6-4-3-5-7-11/h3-10,16H,15H2,1-2H3. The van der Waals surface area contributed by atoms with Crippen LogP contribution in [-0.2, 0) is 10.0 Å². The number of sulfonamides is 1. The Morgan fingerprint density at radius 2 is 1.70 bits per heavy atom. The Morgan fingerprint density at radius 1 is 1.05 bits per heavy atom. The highest BCUT2D eigenvalue weighted by Crippen LogP contribution is 2.26. The second-order valence-corrected chi connectivity index (χ2v) is 6.68. The maximum atomic E-state index is 12.0. The molecule has 2 rings (SSSR count). The van der Waals surface area contributed by atoms with Gasteiger partial charge in [-0.05, 0) is 30.3 Å². The molecule has 5 nitrogen and oxygen atoms in total. The topological polar surface area (TPSA) is 75.4 Å². The normalized spacial score (nSPS) is 11.6. The first-order chi connectivity index (χ1) is 9.41. The van der Waals surface area contributed by atoms with E-state index in [9.17, 15) is 8.42 Å². The molecule has 0 aliphatic carbocycles. The number of hydrogen-bond donors (Lipinski definition) is 2. The summed E-state index contributed by atoms with van der Waals surface area (Å²) in [6, 6.07) is 14.2. The summed E-state index contributed by atoms with van der Waals surface area (Å²) in [5.41, 5.74) is 7.87. The first-order valence-electron chi connectivity index (χ1n) is 6.05. The Hall–Kier alpha value is -2.05. The summed E-state index contributed by atoms with van der Waals surface area (Å²) < 4.78 is 25.2. The van der Waals surface area contributed by atoms with Gasteiger partial charge in [-0.25, -0.2) is 12.7 Å². The average molecular weight is 291 g/mol. The molecule has 20 heavy (non-hydrogen) atoms. The lowest BCUT2D eigenvalue weighted by Crippen LogP contribution is -2.22. The molecule has 0 atom stereocenters. The summed E-state index contributed by atoms with van der Waals surface area (Å²) in [5, 5.41) is 3.15. The summed E-state index contributed by atoms with van der Waals surface area (Å²) in [6.07, 6.45) is 0. The molecular weight excluding hydrogens is 274 g/mol. The van der Waals surface area contributed by atoms with Crippen molar-refractivity contribution in [3.05, 3.63) is 48.5 Å². The van der Waals surface area contributed by atoms with Gasteiger partial charge in [-0.15, -0.1) is 0 Å². The van der Waals surface area contributed by atoms with Crippen LogP contribution in [0.15, 0.2) is 53.4 Å². The van der Waals surface area contributed by atoms with Crippen molar-refractivity contribution in [2.24, 2.45) is 0 Å². The third kappa shape index (κ3) is 2.92. The molecule has 0 spiro atoms. The molecule has 0 bridgehead atoms. The van der Waals surface area contributed by atoms with Crippen molar-refractivity contribution >= 4 is 27.1 Å². The van der Waals surface area contributed by atoms with Gasteiger partial charge < -0.3 is 11.1 Å². The summed E-state index contributed by atoms with van der Waals surface area (Å²) in [4.78, 5) is 0.179. The highest BCUT2D eigenvalue weighted by Gasteiger charge is 2.18. The Kier molecular flexibility index (Phi) is 3.96. The van der Waals surface area contributed by atoms with E-state index < -0.39 is 10.0 Å². The Morgan fingerprint density at radius 3 is 2.25 bits per heavy atom. The highest BCUT2D eigenvalue weighted by molar-refractivity contribution is 7.89. The molecule has 0 amide bonds. The molecule has 0 radical (unpaired) electrons. The predicted octanol–water partition coefficient (Wildman–Crippen LogP) is 2.26. The molecule has 0 fully saturated rings. The van der Waals surface area contributed by atoms with Gasteiger partial charge in [0.05, 0.1) is 16.3 Å². The number of nitrogen functional groups attached to an aromatic ring is 1. The van der Waals surface area contributed by atoms with Crippen molar-refractivity contribution in [3.8, 4) is 0 Å². The molecule has 2 aromatic rings. The van der Waals surface area contributed by atoms with E-state index >= 15 is 0 Å². The highest BCUT2D eigenvalue weighted by atomic mass is 32.2. The van der Waals surface area contributed by atoms with E-state index in [1.54, 1.807) is 6.07 Å². The molecule has 2 aromatic carbocycles. The predicted molar refractivity (Wildman–Crippen MR) is 81.5 cm³/mol. The van der Waals surface area contributed by atoms with Crippen LogP contribution in [0.4, 0.5) is 17.1 Å². The molecule has 0 saturated heterocycles. The van der Waals surface area contributed by atoms with Gasteiger partial charge in [-0.2, -0.15) is 0 Å². The van der Waals surface area contributed by atoms with Crippen LogP contribution in [0.25, 0.3) is 0 Å². The molecule has 0 saturated carbocycles. The minimum Gasteiger partial charge on any atom is -0.397 e. The third-order valence-electron chi connectivity index (χ3n) is 2.85. The summed E-state index contributed by atoms with van der Waals surface area (Å²) in [6.45, 7) is 0. The van der Waals surface area contributed by atoms with Crippen LogP contribution >= 0.6 is 0 Å². The quantitative estimate of drug-likeness (QED) is 0.847. The number of nitrogens with two attached hydrogens (primary N) is 1. The zero-order valence-corrected chi connectivity index (χ0v) is 12.2. The van der Waals surface area contributed by atoms with Gasteiger partial charge in [0.1, 0.15) is 0 Å². The van der Waals surface area contributed by atoms with E-state index in [2.05, 4.69) is 5.32 Å². The van der Waals surface area contributed by atoms with Crippen molar-refractivity contribution < 1.29 is 8.42 Å². The largest absolute Gasteiger partial charge is 0.397 e. The van der Waals surface area contributed by atoms with E-state index in [1.165, 1.54) is 26.2 Å². The molecule has 0 heterocycles. The van der Waals surface area contributed by atoms with Gasteiger partial charge in [0.2, 0.25) is 10.0 Å². The summed E-state index contributed by atoms with van der Waals surface area (Å²) >= 11 is 0. The molecule has 106 valence electrons. The van der Waals surface area contributed by atoms with E-state index in [4.69, 9.17) is 5.73 Å². The molecule has 3 N–H and O–H groups in total. The lowest BCUT2D eigenvalue weighted by atomic mass is 10.2. The smallest absolute Gasteiger partial charge is 0.242 e. The lowest BCUT2D eigenvalue weighted by molar-refractivity contribution is 0.521. The summed E-state index contributed by atoms with van der Waals surface area (Å²) in [7, 11) is -0.488. The molecule has 6 heteroatoms. The number of rotatable bonds is 4. The van der Waals surface area contributed by atoms with E-state index in [-0.39, 0.29) is 4.90 Å². The zero-order valence-electron chi connectivity index (χ0n) is 11.4. The van der Waals surface area contributed by atoms with Crippen LogP contribution in [0.1, 0.15) is 0 Å². The van der Waals surface area contributed by atoms with Crippen LogP contribution in [0.5, 0.6) is 0 Å². The average Bonchev–Trinajstić information content (AvgIpc) is 2.42. The van der Waals surface area contributed by atoms with Crippen molar-refractivity contribution in [1.82, 2.24) is 4.31 Å². The van der Waals surface area contributed by atoms with E-state index in [0.29, 0.717) is 11.4 Å². The van der Waals surface area contributed by atoms with Crippen LogP contribution in [0.3, 0.4) is 0 Å². The van der Waals surface area contributed by atoms with Gasteiger partial charge in [0, 0.05) is 19.8 Å². The van der Waals surface area contributed by atoms with Crippen molar-refractivity contribution in [2.75, 3.05) is 25.1 Å². The third-order valence-corrected chi connectivity index (χ3v) is 4.67. The Labute approximate surface area is 119 Å². The fourth-order valence-corrected chi connectivity index (χ4v) is 2.64. The number of anilines is 3. The van der Waals surface area contributed by atoms with Gasteiger partial charge in [-0.1, -0.05) is 18.2 Å². The Balaban J connectivity index is 2.32. The van der Waals surface area contributed by atoms with Gasteiger partial charge in [-0.3, -0.25) is 0 Å². The lowest BCUT2D eigenvalue weighted by Gasteiger charge is -2.14. The van der Waals surface area contributed by atoms with Gasteiger partial charge in [0.15, 0.2) is 0 Å². The molecule has 0 unspecified atom stereocenters. The van der Waals surface area contributed by atoms with Crippen LogP contribution < -0.4 is 11.1 Å². The van der Waals surface area contributed by atoms with Gasteiger partial charge >= 0.3 is 0 Å². The Bertz CT molecular complexity index is 698. The molecular formula is C14H17N3O2S. The van der Waals surface area contributed by atoms with Crippen LogP contribution in [0, 0.1) is 0 Å². The maximum absolute atomic E-state index is 12.0. The molecule has 0 aromatic heterocycles. The second kappa shape index (κ2) is 5.52. The monoisotopic (exact) mass is 291 g/mol. The number of hydrogen-bond acceptors (Lipinski definition) is 4. The van der Waals surface area contributed by atoms with Gasteiger partial charge in [0.25, 0.3) is 0 Å². The van der Waals surface area contributed by atoms with Crippen molar-refractivity contribution in [1.29, 1.82) is 0 Å². The molecule has 0 aliphatic rings. The summed E-state index contributed by atoms with van der Waals surface area (Å²) in [5.74, 6) is 0.